The molecule has 0 spiro atoms. The molecule has 0 saturated heterocycles. The molecule has 1 heterocycles. The summed E-state index contributed by atoms with van der Waals surface area (Å²) in [5.74, 6) is -0.888. The van der Waals surface area contributed by atoms with E-state index in [1.54, 1.807) is 29.1 Å². The normalized spacial score (nSPS) is 8.45. The number of aromatic carboxylic acids is 1. The van der Waals surface area contributed by atoms with E-state index in [1.165, 1.54) is 0 Å². The fourth-order valence-corrected chi connectivity index (χ4v) is 0.644. The Morgan fingerprint density at radius 3 is 2.27 bits per heavy atom. The van der Waals surface area contributed by atoms with E-state index in [9.17, 15) is 4.79 Å². The van der Waals surface area contributed by atoms with Crippen LogP contribution in [-0.2, 0) is 7.05 Å². The van der Waals surface area contributed by atoms with Crippen molar-refractivity contribution < 1.29 is 14.5 Å². The minimum absolute atomic E-state index is 0. The minimum atomic E-state index is -0.888. The highest BCUT2D eigenvalue weighted by Gasteiger charge is 2.01. The molecule has 0 atom stereocenters. The average Bonchev–Trinajstić information content (AvgIpc) is 1.88. The first-order valence-corrected chi connectivity index (χ1v) is 2.89. The Hall–Kier alpha value is -1.09. The molecule has 0 aliphatic rings. The number of aromatic nitrogens is 1. The van der Waals surface area contributed by atoms with Gasteiger partial charge in [0.25, 0.3) is 0 Å². The monoisotopic (exact) mass is 174 g/mol. The second-order valence-corrected chi connectivity index (χ2v) is 2.06. The van der Waals surface area contributed by atoms with Gasteiger partial charge in [0.2, 0.25) is 0 Å². The van der Waals surface area contributed by atoms with Gasteiger partial charge in [0.05, 0.1) is 5.56 Å². The maximum Gasteiger partial charge on any atom is 0.336 e. The van der Waals surface area contributed by atoms with Gasteiger partial charge in [0, 0.05) is 12.1 Å². The molecule has 11 heavy (non-hydrogen) atoms. The van der Waals surface area contributed by atoms with Crippen molar-refractivity contribution in [2.45, 2.75) is 0 Å². The number of halogens is 1. The van der Waals surface area contributed by atoms with Gasteiger partial charge in [-0.1, -0.05) is 0 Å². The van der Waals surface area contributed by atoms with Crippen LogP contribution in [0.5, 0.6) is 0 Å². The summed E-state index contributed by atoms with van der Waals surface area (Å²) >= 11 is 0. The van der Waals surface area contributed by atoms with E-state index in [1.807, 2.05) is 7.05 Å². The Labute approximate surface area is 70.7 Å². The van der Waals surface area contributed by atoms with Crippen LogP contribution in [0.1, 0.15) is 10.4 Å². The number of nitrogens with zero attached hydrogens (tertiary/aromatic N) is 1. The summed E-state index contributed by atoms with van der Waals surface area (Å²) in [5, 5.41) is 8.47. The molecule has 0 amide bonds. The molecular formula is C7H9ClNO2+. The van der Waals surface area contributed by atoms with Crippen LogP contribution >= 0.6 is 12.4 Å². The molecule has 0 fully saturated rings. The van der Waals surface area contributed by atoms with Gasteiger partial charge in [-0.15, -0.1) is 12.4 Å². The van der Waals surface area contributed by atoms with Crippen molar-refractivity contribution in [1.29, 1.82) is 0 Å². The van der Waals surface area contributed by atoms with Crippen LogP contribution < -0.4 is 4.57 Å². The highest BCUT2D eigenvalue weighted by Crippen LogP contribution is 1.92. The van der Waals surface area contributed by atoms with Gasteiger partial charge in [0.15, 0.2) is 12.4 Å². The number of pyridine rings is 1. The molecule has 1 rings (SSSR count). The number of carboxylic acids is 1. The van der Waals surface area contributed by atoms with Crippen LogP contribution in [0.3, 0.4) is 0 Å². The van der Waals surface area contributed by atoms with Gasteiger partial charge in [-0.25, -0.2) is 9.36 Å². The SMILES string of the molecule is C[n+]1ccc(C(=O)O)cc1.Cl. The summed E-state index contributed by atoms with van der Waals surface area (Å²) in [5.41, 5.74) is 0.318. The first kappa shape index (κ1) is 9.91. The fourth-order valence-electron chi connectivity index (χ4n) is 0.644. The third-order valence-electron chi connectivity index (χ3n) is 1.23. The van der Waals surface area contributed by atoms with E-state index in [4.69, 9.17) is 5.11 Å². The first-order valence-electron chi connectivity index (χ1n) is 2.89. The highest BCUT2D eigenvalue weighted by atomic mass is 35.5. The summed E-state index contributed by atoms with van der Waals surface area (Å²) in [7, 11) is 1.84. The lowest BCUT2D eigenvalue weighted by Crippen LogP contribution is -2.26. The fraction of sp³-hybridized carbons (Fsp3) is 0.143. The number of aryl methyl sites for hydroxylation is 1. The number of rotatable bonds is 1. The van der Waals surface area contributed by atoms with Crippen LogP contribution in [0.15, 0.2) is 24.5 Å². The number of carboxylic acid groups (broad SMARTS) is 1. The molecule has 1 aromatic rings. The zero-order chi connectivity index (χ0) is 7.56. The average molecular weight is 175 g/mol. The van der Waals surface area contributed by atoms with E-state index in [0.29, 0.717) is 5.56 Å². The summed E-state index contributed by atoms with van der Waals surface area (Å²) in [6.07, 6.45) is 3.40. The minimum Gasteiger partial charge on any atom is -0.478 e. The smallest absolute Gasteiger partial charge is 0.336 e. The van der Waals surface area contributed by atoms with Crippen LogP contribution in [0.2, 0.25) is 0 Å². The molecule has 0 aliphatic carbocycles. The van der Waals surface area contributed by atoms with E-state index < -0.39 is 5.97 Å². The summed E-state index contributed by atoms with van der Waals surface area (Å²) in [6.45, 7) is 0. The largest absolute Gasteiger partial charge is 0.478 e. The Balaban J connectivity index is 0.000001000. The van der Waals surface area contributed by atoms with E-state index in [2.05, 4.69) is 0 Å². The Bertz CT molecular complexity index is 245. The zero-order valence-corrected chi connectivity index (χ0v) is 6.84. The van der Waals surface area contributed by atoms with Gasteiger partial charge in [0.1, 0.15) is 7.05 Å². The molecule has 3 nitrogen and oxygen atoms in total. The van der Waals surface area contributed by atoms with Crippen molar-refractivity contribution in [1.82, 2.24) is 0 Å². The van der Waals surface area contributed by atoms with Crippen molar-refractivity contribution in [3.05, 3.63) is 30.1 Å². The molecule has 0 aromatic carbocycles. The van der Waals surface area contributed by atoms with Crippen molar-refractivity contribution in [3.8, 4) is 0 Å². The predicted octanol–water partition coefficient (Wildman–Crippen LogP) is 0.631. The van der Waals surface area contributed by atoms with Crippen LogP contribution in [0.25, 0.3) is 0 Å². The maximum atomic E-state index is 10.3. The lowest BCUT2D eigenvalue weighted by atomic mass is 10.3. The molecular weight excluding hydrogens is 166 g/mol. The van der Waals surface area contributed by atoms with Crippen molar-refractivity contribution in [2.24, 2.45) is 7.05 Å². The third-order valence-corrected chi connectivity index (χ3v) is 1.23. The molecule has 0 radical (unpaired) electrons. The summed E-state index contributed by atoms with van der Waals surface area (Å²) < 4.78 is 1.78. The molecule has 4 heteroatoms. The Kier molecular flexibility index (Phi) is 3.54. The summed E-state index contributed by atoms with van der Waals surface area (Å²) in [4.78, 5) is 10.3. The standard InChI is InChI=1S/C7H7NO2.ClH/c1-8-4-2-6(3-5-8)7(9)10;/h2-5H,1H3;1H/p+1. The van der Waals surface area contributed by atoms with Crippen molar-refractivity contribution >= 4 is 18.4 Å². The second-order valence-electron chi connectivity index (χ2n) is 2.06. The van der Waals surface area contributed by atoms with Crippen molar-refractivity contribution in [3.63, 3.8) is 0 Å². The molecule has 1 aromatic heterocycles. The molecule has 0 saturated carbocycles. The lowest BCUT2D eigenvalue weighted by molar-refractivity contribution is -0.671. The molecule has 0 aliphatic heterocycles. The molecule has 0 bridgehead atoms. The van der Waals surface area contributed by atoms with Crippen LogP contribution in [0, 0.1) is 0 Å². The lowest BCUT2D eigenvalue weighted by Gasteiger charge is -1.88. The Morgan fingerprint density at radius 2 is 1.91 bits per heavy atom. The first-order chi connectivity index (χ1) is 4.70. The predicted molar refractivity (Wildman–Crippen MR) is 41.8 cm³/mol. The maximum absolute atomic E-state index is 10.3. The van der Waals surface area contributed by atoms with Gasteiger partial charge in [-0.05, 0) is 0 Å². The quantitative estimate of drug-likeness (QED) is 0.635. The molecule has 60 valence electrons. The van der Waals surface area contributed by atoms with Crippen LogP contribution in [-0.4, -0.2) is 11.1 Å². The Morgan fingerprint density at radius 1 is 1.45 bits per heavy atom. The second kappa shape index (κ2) is 3.93. The zero-order valence-electron chi connectivity index (χ0n) is 6.02. The summed E-state index contributed by atoms with van der Waals surface area (Å²) in [6, 6.07) is 3.12. The number of carbonyl (C=O) groups is 1. The van der Waals surface area contributed by atoms with E-state index in [-0.39, 0.29) is 12.4 Å². The van der Waals surface area contributed by atoms with Gasteiger partial charge in [-0.2, -0.15) is 0 Å². The number of hydrogen-bond donors (Lipinski definition) is 1. The van der Waals surface area contributed by atoms with E-state index in [0.717, 1.165) is 0 Å². The topological polar surface area (TPSA) is 41.2 Å². The van der Waals surface area contributed by atoms with E-state index >= 15 is 0 Å². The van der Waals surface area contributed by atoms with Gasteiger partial charge >= 0.3 is 5.97 Å². The van der Waals surface area contributed by atoms with Crippen molar-refractivity contribution in [2.75, 3.05) is 0 Å². The molecule has 0 unspecified atom stereocenters. The molecule has 1 N–H and O–H groups in total. The van der Waals surface area contributed by atoms with Crippen LogP contribution in [0.4, 0.5) is 0 Å². The van der Waals surface area contributed by atoms with Gasteiger partial charge in [-0.3, -0.25) is 0 Å². The highest BCUT2D eigenvalue weighted by molar-refractivity contribution is 5.87. The van der Waals surface area contributed by atoms with Gasteiger partial charge < -0.3 is 5.11 Å². The number of hydrogen-bond acceptors (Lipinski definition) is 1. The third kappa shape index (κ3) is 2.55.